The molecule has 8 heteroatoms. The maximum absolute atomic E-state index is 13.0. The Labute approximate surface area is 159 Å². The minimum atomic E-state index is -0.552. The molecule has 0 aliphatic heterocycles. The highest BCUT2D eigenvalue weighted by Gasteiger charge is 2.23. The van der Waals surface area contributed by atoms with Gasteiger partial charge in [0.05, 0.1) is 36.1 Å². The standard InChI is InChI=1S/C19H15ClFN3O3/c1-3-4-11-7-14(20)16(15(8-11)27-2)17-18(25)23-24(19(17)26)10-13-6-5-12(21)9-22-13/h5-9,26H,10H2,1-2H3,(H,23,25). The zero-order valence-electron chi connectivity index (χ0n) is 14.5. The largest absolute Gasteiger partial charge is 0.496 e. The van der Waals surface area contributed by atoms with Gasteiger partial charge >= 0.3 is 0 Å². The zero-order valence-corrected chi connectivity index (χ0v) is 15.3. The van der Waals surface area contributed by atoms with Crippen molar-refractivity contribution in [1.29, 1.82) is 0 Å². The van der Waals surface area contributed by atoms with Crippen molar-refractivity contribution >= 4 is 11.6 Å². The van der Waals surface area contributed by atoms with E-state index in [9.17, 15) is 14.3 Å². The second kappa shape index (κ2) is 7.56. The second-order valence-corrected chi connectivity index (χ2v) is 6.01. The summed E-state index contributed by atoms with van der Waals surface area (Å²) in [6.07, 6.45) is 1.06. The van der Waals surface area contributed by atoms with Gasteiger partial charge in [-0.2, -0.15) is 0 Å². The lowest BCUT2D eigenvalue weighted by atomic mass is 10.0. The SMILES string of the molecule is CC#Cc1cc(Cl)c(-c2c(O)n(Cc3ccc(F)cn3)[nH]c2=O)c(OC)c1. The Morgan fingerprint density at radius 3 is 2.78 bits per heavy atom. The highest BCUT2D eigenvalue weighted by molar-refractivity contribution is 6.34. The molecule has 27 heavy (non-hydrogen) atoms. The molecule has 138 valence electrons. The first-order chi connectivity index (χ1) is 12.9. The lowest BCUT2D eigenvalue weighted by Crippen LogP contribution is -2.08. The fraction of sp³-hybridized carbons (Fsp3) is 0.158. The number of pyridine rings is 1. The molecular weight excluding hydrogens is 373 g/mol. The maximum atomic E-state index is 13.0. The van der Waals surface area contributed by atoms with Crippen LogP contribution in [0.3, 0.4) is 0 Å². The highest BCUT2D eigenvalue weighted by Crippen LogP contribution is 2.39. The summed E-state index contributed by atoms with van der Waals surface area (Å²) in [5.41, 5.74) is 0.745. The van der Waals surface area contributed by atoms with Crippen LogP contribution in [0.4, 0.5) is 4.39 Å². The summed E-state index contributed by atoms with van der Waals surface area (Å²) in [5.74, 6) is 5.12. The van der Waals surface area contributed by atoms with E-state index < -0.39 is 11.4 Å². The molecular formula is C19H15ClFN3O3. The predicted molar refractivity (Wildman–Crippen MR) is 99.6 cm³/mol. The fourth-order valence-electron chi connectivity index (χ4n) is 2.67. The van der Waals surface area contributed by atoms with Gasteiger partial charge in [-0.05, 0) is 31.2 Å². The maximum Gasteiger partial charge on any atom is 0.276 e. The van der Waals surface area contributed by atoms with Crippen molar-refractivity contribution in [3.63, 3.8) is 0 Å². The van der Waals surface area contributed by atoms with Gasteiger partial charge < -0.3 is 9.84 Å². The number of aromatic hydroxyl groups is 1. The molecule has 6 nitrogen and oxygen atoms in total. The van der Waals surface area contributed by atoms with Crippen LogP contribution in [0.25, 0.3) is 11.1 Å². The van der Waals surface area contributed by atoms with Gasteiger partial charge in [-0.3, -0.25) is 14.9 Å². The van der Waals surface area contributed by atoms with Gasteiger partial charge in [-0.25, -0.2) is 9.07 Å². The van der Waals surface area contributed by atoms with E-state index >= 15 is 0 Å². The molecule has 0 fully saturated rings. The third-order valence-electron chi connectivity index (χ3n) is 3.84. The van der Waals surface area contributed by atoms with Gasteiger partial charge in [0.25, 0.3) is 5.56 Å². The number of methoxy groups -OCH3 is 1. The molecule has 0 spiro atoms. The second-order valence-electron chi connectivity index (χ2n) is 5.60. The Balaban J connectivity index is 2.10. The van der Waals surface area contributed by atoms with E-state index in [-0.39, 0.29) is 28.6 Å². The summed E-state index contributed by atoms with van der Waals surface area (Å²) in [6.45, 7) is 1.73. The van der Waals surface area contributed by atoms with Crippen LogP contribution in [0, 0.1) is 17.7 Å². The number of hydrogen-bond acceptors (Lipinski definition) is 4. The summed E-state index contributed by atoms with van der Waals surface area (Å²) < 4.78 is 19.5. The molecule has 0 radical (unpaired) electrons. The lowest BCUT2D eigenvalue weighted by Gasteiger charge is -2.10. The zero-order chi connectivity index (χ0) is 19.6. The van der Waals surface area contributed by atoms with Crippen LogP contribution < -0.4 is 10.3 Å². The van der Waals surface area contributed by atoms with Crippen LogP contribution in [0.2, 0.25) is 5.02 Å². The monoisotopic (exact) mass is 387 g/mol. The number of benzene rings is 1. The van der Waals surface area contributed by atoms with Crippen LogP contribution in [-0.4, -0.2) is 27.0 Å². The van der Waals surface area contributed by atoms with Crippen LogP contribution in [0.5, 0.6) is 11.6 Å². The average molecular weight is 388 g/mol. The normalized spacial score (nSPS) is 10.4. The van der Waals surface area contributed by atoms with Gasteiger partial charge in [-0.1, -0.05) is 17.5 Å². The van der Waals surface area contributed by atoms with Crippen molar-refractivity contribution in [3.05, 3.63) is 62.9 Å². The van der Waals surface area contributed by atoms with E-state index in [4.69, 9.17) is 16.3 Å². The number of ether oxygens (including phenoxy) is 1. The first-order valence-electron chi connectivity index (χ1n) is 7.87. The molecule has 0 saturated heterocycles. The van der Waals surface area contributed by atoms with Gasteiger partial charge in [0, 0.05) is 5.56 Å². The number of rotatable bonds is 4. The van der Waals surface area contributed by atoms with Crippen molar-refractivity contribution in [3.8, 4) is 34.6 Å². The van der Waals surface area contributed by atoms with Crippen molar-refractivity contribution in [2.45, 2.75) is 13.5 Å². The Hall–Kier alpha value is -3.24. The van der Waals surface area contributed by atoms with Crippen molar-refractivity contribution in [2.24, 2.45) is 0 Å². The van der Waals surface area contributed by atoms with E-state index in [0.717, 1.165) is 6.20 Å². The molecule has 0 aliphatic rings. The number of hydrogen-bond donors (Lipinski definition) is 2. The van der Waals surface area contributed by atoms with E-state index in [0.29, 0.717) is 17.0 Å². The van der Waals surface area contributed by atoms with Crippen molar-refractivity contribution in [2.75, 3.05) is 7.11 Å². The lowest BCUT2D eigenvalue weighted by molar-refractivity contribution is 0.405. The minimum Gasteiger partial charge on any atom is -0.496 e. The minimum absolute atomic E-state index is 0.0324. The van der Waals surface area contributed by atoms with Crippen LogP contribution in [0.1, 0.15) is 18.2 Å². The molecule has 3 rings (SSSR count). The summed E-state index contributed by atoms with van der Waals surface area (Å²) in [5, 5.41) is 13.3. The third kappa shape index (κ3) is 3.66. The molecule has 1 aromatic carbocycles. The molecule has 2 aromatic heterocycles. The first-order valence-corrected chi connectivity index (χ1v) is 8.25. The topological polar surface area (TPSA) is 80.1 Å². The Morgan fingerprint density at radius 1 is 1.37 bits per heavy atom. The van der Waals surface area contributed by atoms with Crippen molar-refractivity contribution in [1.82, 2.24) is 14.8 Å². The molecule has 2 N–H and O–H groups in total. The molecule has 0 saturated carbocycles. The van der Waals surface area contributed by atoms with E-state index in [1.54, 1.807) is 19.1 Å². The number of aromatic nitrogens is 3. The molecule has 0 amide bonds. The van der Waals surface area contributed by atoms with Gasteiger partial charge in [0.2, 0.25) is 5.88 Å². The number of H-pyrrole nitrogens is 1. The number of halogens is 2. The van der Waals surface area contributed by atoms with Crippen LogP contribution in [-0.2, 0) is 6.54 Å². The number of nitrogens with zero attached hydrogens (tertiary/aromatic N) is 2. The van der Waals surface area contributed by atoms with E-state index in [2.05, 4.69) is 21.9 Å². The van der Waals surface area contributed by atoms with E-state index in [1.807, 2.05) is 0 Å². The van der Waals surface area contributed by atoms with Crippen LogP contribution >= 0.6 is 11.6 Å². The third-order valence-corrected chi connectivity index (χ3v) is 4.14. The predicted octanol–water partition coefficient (Wildman–Crippen LogP) is 3.16. The average Bonchev–Trinajstić information content (AvgIpc) is 2.90. The highest BCUT2D eigenvalue weighted by atomic mass is 35.5. The summed E-state index contributed by atoms with van der Waals surface area (Å²) in [4.78, 5) is 16.4. The number of aromatic amines is 1. The molecule has 0 aliphatic carbocycles. The molecule has 0 atom stereocenters. The summed E-state index contributed by atoms with van der Waals surface area (Å²) in [6, 6.07) is 5.93. The quantitative estimate of drug-likeness (QED) is 0.674. The first kappa shape index (κ1) is 18.5. The van der Waals surface area contributed by atoms with E-state index in [1.165, 1.54) is 23.9 Å². The number of nitrogens with one attached hydrogen (secondary N) is 1. The molecule has 0 unspecified atom stereocenters. The Morgan fingerprint density at radius 2 is 2.15 bits per heavy atom. The smallest absolute Gasteiger partial charge is 0.276 e. The van der Waals surface area contributed by atoms with Crippen LogP contribution in [0.15, 0.2) is 35.3 Å². The van der Waals surface area contributed by atoms with Gasteiger partial charge in [-0.15, -0.1) is 5.92 Å². The summed E-state index contributed by atoms with van der Waals surface area (Å²) in [7, 11) is 1.43. The Kier molecular flexibility index (Phi) is 5.19. The van der Waals surface area contributed by atoms with Gasteiger partial charge in [0.15, 0.2) is 0 Å². The molecule has 3 aromatic rings. The van der Waals surface area contributed by atoms with Gasteiger partial charge in [0.1, 0.15) is 17.1 Å². The summed E-state index contributed by atoms with van der Waals surface area (Å²) >= 11 is 6.34. The van der Waals surface area contributed by atoms with Crippen molar-refractivity contribution < 1.29 is 14.2 Å². The Bertz CT molecular complexity index is 1110. The molecule has 0 bridgehead atoms. The fourth-order valence-corrected chi connectivity index (χ4v) is 2.98. The molecule has 2 heterocycles.